The summed E-state index contributed by atoms with van der Waals surface area (Å²) in [6, 6.07) is 8.66. The molecule has 0 bridgehead atoms. The minimum atomic E-state index is -0.234. The van der Waals surface area contributed by atoms with Crippen LogP contribution in [0.5, 0.6) is 0 Å². The molecule has 1 aliphatic carbocycles. The Bertz CT molecular complexity index is 809. The van der Waals surface area contributed by atoms with Gasteiger partial charge in [-0.15, -0.1) is 0 Å². The van der Waals surface area contributed by atoms with Crippen molar-refractivity contribution in [2.24, 2.45) is 11.8 Å². The Morgan fingerprint density at radius 1 is 1.17 bits per heavy atom. The molecule has 2 aliphatic heterocycles. The molecule has 4 rings (SSSR count). The fraction of sp³-hybridized carbons (Fsp3) is 0.609. The molecule has 1 N–H and O–H groups in total. The SMILES string of the molecule is N#Cc1cccc(C(=O)NCC2CN(CC3CCN(CC4CC4)CC3)C(=O)CO2)c1. The fourth-order valence-electron chi connectivity index (χ4n) is 4.35. The third kappa shape index (κ3) is 5.59. The average Bonchev–Trinajstić information content (AvgIpc) is 3.59. The number of nitrogens with one attached hydrogen (secondary N) is 1. The van der Waals surface area contributed by atoms with Crippen molar-refractivity contribution in [3.8, 4) is 6.07 Å². The lowest BCUT2D eigenvalue weighted by molar-refractivity contribution is -0.149. The second-order valence-electron chi connectivity index (χ2n) is 8.82. The molecule has 1 unspecified atom stereocenters. The molecule has 0 spiro atoms. The van der Waals surface area contributed by atoms with E-state index in [0.29, 0.717) is 30.1 Å². The van der Waals surface area contributed by atoms with Gasteiger partial charge in [-0.3, -0.25) is 9.59 Å². The number of ether oxygens (including phenoxy) is 1. The molecule has 0 radical (unpaired) electrons. The van der Waals surface area contributed by atoms with Crippen LogP contribution in [0.15, 0.2) is 24.3 Å². The first-order chi connectivity index (χ1) is 14.6. The fourth-order valence-corrected chi connectivity index (χ4v) is 4.35. The Kier molecular flexibility index (Phi) is 6.66. The number of hydrogen-bond donors (Lipinski definition) is 1. The Balaban J connectivity index is 1.22. The Morgan fingerprint density at radius 3 is 2.67 bits per heavy atom. The van der Waals surface area contributed by atoms with E-state index in [0.717, 1.165) is 38.4 Å². The molecule has 1 aromatic carbocycles. The van der Waals surface area contributed by atoms with E-state index in [1.165, 1.54) is 19.4 Å². The highest BCUT2D eigenvalue weighted by atomic mass is 16.5. The van der Waals surface area contributed by atoms with Crippen LogP contribution >= 0.6 is 0 Å². The molecule has 3 fully saturated rings. The van der Waals surface area contributed by atoms with Gasteiger partial charge < -0.3 is 19.9 Å². The summed E-state index contributed by atoms with van der Waals surface area (Å²) >= 11 is 0. The van der Waals surface area contributed by atoms with Crippen molar-refractivity contribution in [3.05, 3.63) is 35.4 Å². The second-order valence-corrected chi connectivity index (χ2v) is 8.82. The minimum Gasteiger partial charge on any atom is -0.365 e. The van der Waals surface area contributed by atoms with Crippen LogP contribution in [-0.2, 0) is 9.53 Å². The van der Waals surface area contributed by atoms with E-state index in [1.807, 2.05) is 11.0 Å². The first-order valence-electron chi connectivity index (χ1n) is 11.0. The van der Waals surface area contributed by atoms with Gasteiger partial charge in [0.15, 0.2) is 0 Å². The molecule has 2 amide bonds. The first kappa shape index (κ1) is 20.8. The molecular weight excluding hydrogens is 380 g/mol. The summed E-state index contributed by atoms with van der Waals surface area (Å²) in [6.07, 6.45) is 4.87. The number of likely N-dealkylation sites (tertiary alicyclic amines) is 1. The van der Waals surface area contributed by atoms with Crippen LogP contribution in [0.4, 0.5) is 0 Å². The number of morpholine rings is 1. The van der Waals surface area contributed by atoms with Gasteiger partial charge in [-0.1, -0.05) is 6.07 Å². The van der Waals surface area contributed by atoms with E-state index in [2.05, 4.69) is 10.2 Å². The van der Waals surface area contributed by atoms with Gasteiger partial charge in [0.05, 0.1) is 17.7 Å². The zero-order valence-corrected chi connectivity index (χ0v) is 17.4. The molecule has 0 aromatic heterocycles. The summed E-state index contributed by atoms with van der Waals surface area (Å²) < 4.78 is 5.64. The van der Waals surface area contributed by atoms with E-state index in [1.54, 1.807) is 24.3 Å². The third-order valence-electron chi connectivity index (χ3n) is 6.36. The van der Waals surface area contributed by atoms with Gasteiger partial charge >= 0.3 is 0 Å². The highest BCUT2D eigenvalue weighted by molar-refractivity contribution is 5.94. The Hall–Kier alpha value is -2.43. The van der Waals surface area contributed by atoms with Crippen molar-refractivity contribution in [1.82, 2.24) is 15.1 Å². The van der Waals surface area contributed by atoms with Crippen molar-refractivity contribution in [2.45, 2.75) is 31.8 Å². The van der Waals surface area contributed by atoms with Gasteiger partial charge in [-0.05, 0) is 68.8 Å². The summed E-state index contributed by atoms with van der Waals surface area (Å²) in [5.41, 5.74) is 0.910. The van der Waals surface area contributed by atoms with Gasteiger partial charge in [0.2, 0.25) is 5.91 Å². The number of benzene rings is 1. The van der Waals surface area contributed by atoms with E-state index < -0.39 is 0 Å². The van der Waals surface area contributed by atoms with Crippen LogP contribution in [0.2, 0.25) is 0 Å². The number of hydrogen-bond acceptors (Lipinski definition) is 5. The van der Waals surface area contributed by atoms with Crippen molar-refractivity contribution < 1.29 is 14.3 Å². The number of nitrogens with zero attached hydrogens (tertiary/aromatic N) is 3. The predicted octanol–water partition coefficient (Wildman–Crippen LogP) is 1.64. The predicted molar refractivity (Wildman–Crippen MR) is 112 cm³/mol. The topological polar surface area (TPSA) is 85.7 Å². The van der Waals surface area contributed by atoms with Gasteiger partial charge in [0.25, 0.3) is 5.91 Å². The van der Waals surface area contributed by atoms with Gasteiger partial charge in [0, 0.05) is 31.7 Å². The highest BCUT2D eigenvalue weighted by Gasteiger charge is 2.31. The van der Waals surface area contributed by atoms with Crippen LogP contribution in [0, 0.1) is 23.2 Å². The molecule has 160 valence electrons. The smallest absolute Gasteiger partial charge is 0.251 e. The lowest BCUT2D eigenvalue weighted by Gasteiger charge is -2.38. The standard InChI is InChI=1S/C23H30N4O3/c24-11-19-2-1-3-20(10-19)23(29)25-12-21-15-27(22(28)16-30-21)14-18-6-8-26(9-7-18)13-17-4-5-17/h1-3,10,17-18,21H,4-9,12-16H2,(H,25,29). The van der Waals surface area contributed by atoms with E-state index >= 15 is 0 Å². The molecule has 1 saturated carbocycles. The molecule has 2 heterocycles. The van der Waals surface area contributed by atoms with Gasteiger partial charge in [-0.2, -0.15) is 5.26 Å². The zero-order chi connectivity index (χ0) is 20.9. The number of nitriles is 1. The normalized spacial score (nSPS) is 23.2. The van der Waals surface area contributed by atoms with Gasteiger partial charge in [0.1, 0.15) is 6.61 Å². The van der Waals surface area contributed by atoms with Crippen LogP contribution in [-0.4, -0.2) is 73.6 Å². The first-order valence-corrected chi connectivity index (χ1v) is 11.0. The van der Waals surface area contributed by atoms with E-state index in [4.69, 9.17) is 10.00 Å². The number of carbonyl (C=O) groups is 2. The largest absolute Gasteiger partial charge is 0.365 e. The van der Waals surface area contributed by atoms with Crippen molar-refractivity contribution in [2.75, 3.05) is 45.9 Å². The minimum absolute atomic E-state index is 0.0414. The molecular formula is C23H30N4O3. The third-order valence-corrected chi connectivity index (χ3v) is 6.36. The molecule has 2 saturated heterocycles. The zero-order valence-electron chi connectivity index (χ0n) is 17.4. The summed E-state index contributed by atoms with van der Waals surface area (Å²) in [6.45, 7) is 5.25. The maximum atomic E-state index is 12.4. The molecule has 1 atom stereocenters. The van der Waals surface area contributed by atoms with Crippen molar-refractivity contribution in [1.29, 1.82) is 5.26 Å². The van der Waals surface area contributed by atoms with E-state index in [9.17, 15) is 9.59 Å². The summed E-state index contributed by atoms with van der Waals surface area (Å²) in [5.74, 6) is 1.29. The lowest BCUT2D eigenvalue weighted by Crippen LogP contribution is -2.52. The summed E-state index contributed by atoms with van der Waals surface area (Å²) in [7, 11) is 0. The van der Waals surface area contributed by atoms with Crippen LogP contribution < -0.4 is 5.32 Å². The average molecular weight is 411 g/mol. The maximum Gasteiger partial charge on any atom is 0.251 e. The highest BCUT2D eigenvalue weighted by Crippen LogP contribution is 2.31. The summed E-state index contributed by atoms with van der Waals surface area (Å²) in [5, 5.41) is 11.9. The molecule has 7 heteroatoms. The monoisotopic (exact) mass is 410 g/mol. The number of carbonyl (C=O) groups excluding carboxylic acids is 2. The Labute approximate surface area is 178 Å². The summed E-state index contributed by atoms with van der Waals surface area (Å²) in [4.78, 5) is 29.2. The van der Waals surface area contributed by atoms with Gasteiger partial charge in [-0.25, -0.2) is 0 Å². The number of piperidine rings is 1. The Morgan fingerprint density at radius 2 is 1.93 bits per heavy atom. The van der Waals surface area contributed by atoms with Crippen LogP contribution in [0.3, 0.4) is 0 Å². The van der Waals surface area contributed by atoms with E-state index in [-0.39, 0.29) is 24.5 Å². The van der Waals surface area contributed by atoms with Crippen molar-refractivity contribution in [3.63, 3.8) is 0 Å². The quantitative estimate of drug-likeness (QED) is 0.739. The molecule has 7 nitrogen and oxygen atoms in total. The molecule has 3 aliphatic rings. The molecule has 30 heavy (non-hydrogen) atoms. The second kappa shape index (κ2) is 9.59. The van der Waals surface area contributed by atoms with Crippen LogP contribution in [0.25, 0.3) is 0 Å². The van der Waals surface area contributed by atoms with Crippen molar-refractivity contribution >= 4 is 11.8 Å². The number of amides is 2. The lowest BCUT2D eigenvalue weighted by atomic mass is 9.95. The molecule has 1 aromatic rings. The number of rotatable bonds is 7. The maximum absolute atomic E-state index is 12.4. The van der Waals surface area contributed by atoms with Crippen LogP contribution in [0.1, 0.15) is 41.6 Å².